The Kier molecular flexibility index (Phi) is 5.79. The van der Waals surface area contributed by atoms with Crippen molar-refractivity contribution in [3.05, 3.63) is 0 Å². The first kappa shape index (κ1) is 17.3. The van der Waals surface area contributed by atoms with Crippen molar-refractivity contribution in [1.82, 2.24) is 5.32 Å². The molecule has 21 heavy (non-hydrogen) atoms. The maximum atomic E-state index is 3.73. The summed E-state index contributed by atoms with van der Waals surface area (Å²) in [6, 6.07) is 0.629. The fourth-order valence-corrected chi connectivity index (χ4v) is 5.25. The van der Waals surface area contributed by atoms with Gasteiger partial charge in [-0.1, -0.05) is 41.5 Å². The summed E-state index contributed by atoms with van der Waals surface area (Å²) in [5, 5.41) is 3.73. The van der Waals surface area contributed by atoms with Gasteiger partial charge in [-0.15, -0.1) is 0 Å². The Morgan fingerprint density at radius 2 is 1.67 bits per heavy atom. The van der Waals surface area contributed by atoms with E-state index in [1.54, 1.807) is 0 Å². The summed E-state index contributed by atoms with van der Waals surface area (Å²) in [5.41, 5.74) is 0.572. The third-order valence-corrected chi connectivity index (χ3v) is 6.19. The SMILES string of the molecule is CC1CC(C)CC(C2CC(C)(C)CCC2CNC(C)C)C1. The molecule has 124 valence electrons. The van der Waals surface area contributed by atoms with Crippen molar-refractivity contribution >= 4 is 0 Å². The molecule has 2 aliphatic rings. The summed E-state index contributed by atoms with van der Waals surface area (Å²) in [5.74, 6) is 4.76. The van der Waals surface area contributed by atoms with Gasteiger partial charge >= 0.3 is 0 Å². The predicted molar refractivity (Wildman–Crippen MR) is 93.4 cm³/mol. The normalized spacial score (nSPS) is 40.4. The predicted octanol–water partition coefficient (Wildman–Crippen LogP) is 5.50. The average molecular weight is 294 g/mol. The highest BCUT2D eigenvalue weighted by atomic mass is 14.9. The molecule has 1 N–H and O–H groups in total. The minimum atomic E-state index is 0.572. The highest BCUT2D eigenvalue weighted by Gasteiger charge is 2.40. The summed E-state index contributed by atoms with van der Waals surface area (Å²) in [6.07, 6.45) is 8.76. The van der Waals surface area contributed by atoms with Crippen LogP contribution in [-0.4, -0.2) is 12.6 Å². The molecule has 4 atom stereocenters. The van der Waals surface area contributed by atoms with Crippen molar-refractivity contribution in [2.45, 2.75) is 86.1 Å². The molecular formula is C20H39N. The fraction of sp³-hybridized carbons (Fsp3) is 1.00. The summed E-state index contributed by atoms with van der Waals surface area (Å²) < 4.78 is 0. The molecule has 0 amide bonds. The first-order valence-corrected chi connectivity index (χ1v) is 9.50. The number of nitrogens with one attached hydrogen (secondary N) is 1. The van der Waals surface area contributed by atoms with Crippen molar-refractivity contribution in [2.75, 3.05) is 6.54 Å². The van der Waals surface area contributed by atoms with Gasteiger partial charge in [0.25, 0.3) is 0 Å². The van der Waals surface area contributed by atoms with Crippen molar-refractivity contribution in [3.8, 4) is 0 Å². The zero-order valence-corrected chi connectivity index (χ0v) is 15.4. The van der Waals surface area contributed by atoms with Gasteiger partial charge in [-0.25, -0.2) is 0 Å². The van der Waals surface area contributed by atoms with Crippen LogP contribution < -0.4 is 5.32 Å². The molecule has 0 spiro atoms. The Labute approximate surface area is 133 Å². The molecule has 1 heteroatoms. The maximum Gasteiger partial charge on any atom is 0.00104 e. The van der Waals surface area contributed by atoms with Crippen LogP contribution in [0.1, 0.15) is 80.1 Å². The molecule has 2 rings (SSSR count). The number of rotatable bonds is 4. The summed E-state index contributed by atoms with van der Waals surface area (Å²) in [7, 11) is 0. The van der Waals surface area contributed by atoms with Crippen LogP contribution in [0.4, 0.5) is 0 Å². The molecule has 1 nitrogen and oxygen atoms in total. The molecule has 2 fully saturated rings. The molecule has 2 saturated carbocycles. The van der Waals surface area contributed by atoms with E-state index in [9.17, 15) is 0 Å². The minimum Gasteiger partial charge on any atom is -0.314 e. The van der Waals surface area contributed by atoms with E-state index >= 15 is 0 Å². The second-order valence-electron chi connectivity index (χ2n) is 9.57. The van der Waals surface area contributed by atoms with Crippen LogP contribution in [-0.2, 0) is 0 Å². The monoisotopic (exact) mass is 293 g/mol. The minimum absolute atomic E-state index is 0.572. The molecule has 0 heterocycles. The van der Waals surface area contributed by atoms with Crippen molar-refractivity contribution in [3.63, 3.8) is 0 Å². The van der Waals surface area contributed by atoms with Crippen molar-refractivity contribution in [1.29, 1.82) is 0 Å². The maximum absolute atomic E-state index is 3.73. The lowest BCUT2D eigenvalue weighted by molar-refractivity contribution is 0.0365. The van der Waals surface area contributed by atoms with Crippen molar-refractivity contribution in [2.24, 2.45) is 35.0 Å². The lowest BCUT2D eigenvalue weighted by atomic mass is 9.59. The summed E-state index contributed by atoms with van der Waals surface area (Å²) >= 11 is 0. The summed E-state index contributed by atoms with van der Waals surface area (Å²) in [4.78, 5) is 0. The van der Waals surface area contributed by atoms with E-state index in [2.05, 4.69) is 46.9 Å². The van der Waals surface area contributed by atoms with Gasteiger partial charge in [0.2, 0.25) is 0 Å². The van der Waals surface area contributed by atoms with Crippen LogP contribution in [0.5, 0.6) is 0 Å². The molecule has 4 unspecified atom stereocenters. The molecule has 0 aliphatic heterocycles. The van der Waals surface area contributed by atoms with Crippen LogP contribution in [0.3, 0.4) is 0 Å². The van der Waals surface area contributed by atoms with Gasteiger partial charge in [0.05, 0.1) is 0 Å². The van der Waals surface area contributed by atoms with Crippen LogP contribution >= 0.6 is 0 Å². The fourth-order valence-electron chi connectivity index (χ4n) is 5.25. The molecule has 2 aliphatic carbocycles. The van der Waals surface area contributed by atoms with Gasteiger partial charge in [-0.2, -0.15) is 0 Å². The van der Waals surface area contributed by atoms with Crippen LogP contribution in [0, 0.1) is 35.0 Å². The van der Waals surface area contributed by atoms with E-state index in [-0.39, 0.29) is 0 Å². The largest absolute Gasteiger partial charge is 0.314 e. The van der Waals surface area contributed by atoms with Gasteiger partial charge in [0, 0.05) is 6.04 Å². The van der Waals surface area contributed by atoms with E-state index in [1.807, 2.05) is 0 Å². The van der Waals surface area contributed by atoms with Gasteiger partial charge in [-0.05, 0) is 80.1 Å². The molecule has 0 radical (unpaired) electrons. The Balaban J connectivity index is 2.05. The Hall–Kier alpha value is -0.0400. The first-order chi connectivity index (χ1) is 9.77. The Morgan fingerprint density at radius 1 is 1.05 bits per heavy atom. The summed E-state index contributed by atoms with van der Waals surface area (Å²) in [6.45, 7) is 15.8. The third kappa shape index (κ3) is 4.98. The second-order valence-corrected chi connectivity index (χ2v) is 9.57. The van der Waals surface area contributed by atoms with E-state index < -0.39 is 0 Å². The number of hydrogen-bond donors (Lipinski definition) is 1. The lowest BCUT2D eigenvalue weighted by Crippen LogP contribution is -2.42. The van der Waals surface area contributed by atoms with Crippen molar-refractivity contribution < 1.29 is 0 Å². The van der Waals surface area contributed by atoms with E-state index in [0.717, 1.165) is 29.6 Å². The van der Waals surface area contributed by atoms with Gasteiger partial charge in [0.15, 0.2) is 0 Å². The van der Waals surface area contributed by atoms with Crippen LogP contribution in [0.2, 0.25) is 0 Å². The highest BCUT2D eigenvalue weighted by Crippen LogP contribution is 2.49. The topological polar surface area (TPSA) is 12.0 Å². The first-order valence-electron chi connectivity index (χ1n) is 9.50. The van der Waals surface area contributed by atoms with Gasteiger partial charge < -0.3 is 5.32 Å². The molecule has 0 saturated heterocycles. The lowest BCUT2D eigenvalue weighted by Gasteiger charge is -2.47. The molecule has 0 aromatic carbocycles. The quantitative estimate of drug-likeness (QED) is 0.721. The average Bonchev–Trinajstić information content (AvgIpc) is 2.35. The standard InChI is InChI=1S/C20H39N/c1-14(2)21-13-17-7-8-20(5,6)12-19(17)18-10-15(3)9-16(4)11-18/h14-19,21H,7-13H2,1-6H3. The van der Waals surface area contributed by atoms with E-state index in [4.69, 9.17) is 0 Å². The van der Waals surface area contributed by atoms with E-state index in [1.165, 1.54) is 45.1 Å². The van der Waals surface area contributed by atoms with E-state index in [0.29, 0.717) is 11.5 Å². The molecular weight excluding hydrogens is 254 g/mol. The molecule has 0 aromatic heterocycles. The third-order valence-electron chi connectivity index (χ3n) is 6.19. The van der Waals surface area contributed by atoms with Crippen LogP contribution in [0.15, 0.2) is 0 Å². The van der Waals surface area contributed by atoms with Crippen LogP contribution in [0.25, 0.3) is 0 Å². The zero-order valence-electron chi connectivity index (χ0n) is 15.4. The Bertz CT molecular complexity index is 308. The smallest absolute Gasteiger partial charge is 0.00104 e. The highest BCUT2D eigenvalue weighted by molar-refractivity contribution is 4.91. The Morgan fingerprint density at radius 3 is 2.24 bits per heavy atom. The molecule has 0 aromatic rings. The zero-order chi connectivity index (χ0) is 15.6. The molecule has 0 bridgehead atoms. The second kappa shape index (κ2) is 7.02. The number of hydrogen-bond acceptors (Lipinski definition) is 1. The van der Waals surface area contributed by atoms with Gasteiger partial charge in [0.1, 0.15) is 0 Å². The van der Waals surface area contributed by atoms with Gasteiger partial charge in [-0.3, -0.25) is 0 Å².